The van der Waals surface area contributed by atoms with Crippen molar-refractivity contribution in [3.63, 3.8) is 0 Å². The second kappa shape index (κ2) is 2.70. The molecule has 66 valence electrons. The lowest BCUT2D eigenvalue weighted by atomic mass is 10.2. The first-order valence-electron chi connectivity index (χ1n) is 4.46. The summed E-state index contributed by atoms with van der Waals surface area (Å²) in [4.78, 5) is 1.56. The average Bonchev–Trinajstić information content (AvgIpc) is 2.76. The standard InChI is InChI=1S/C11H9IS/c12-11(5-6-11)10-7-8-3-1-2-4-9(8)13-10/h1-4,7H,5-6H2. The van der Waals surface area contributed by atoms with E-state index in [1.807, 2.05) is 11.3 Å². The number of benzene rings is 1. The first-order valence-corrected chi connectivity index (χ1v) is 6.35. The van der Waals surface area contributed by atoms with Crippen molar-refractivity contribution in [1.29, 1.82) is 0 Å². The quantitative estimate of drug-likeness (QED) is 0.543. The van der Waals surface area contributed by atoms with Gasteiger partial charge in [0.2, 0.25) is 0 Å². The monoisotopic (exact) mass is 300 g/mol. The van der Waals surface area contributed by atoms with Crippen LogP contribution in [0, 0.1) is 0 Å². The largest absolute Gasteiger partial charge is 0.139 e. The number of halogens is 1. The zero-order valence-corrected chi connectivity index (χ0v) is 10.1. The van der Waals surface area contributed by atoms with E-state index in [0.717, 1.165) is 0 Å². The predicted octanol–water partition coefficient (Wildman–Crippen LogP) is 4.33. The Morgan fingerprint density at radius 2 is 2.00 bits per heavy atom. The molecule has 0 nitrogen and oxygen atoms in total. The minimum Gasteiger partial charge on any atom is -0.139 e. The molecule has 0 spiro atoms. The van der Waals surface area contributed by atoms with Gasteiger partial charge >= 0.3 is 0 Å². The van der Waals surface area contributed by atoms with Gasteiger partial charge in [0, 0.05) is 9.58 Å². The minimum atomic E-state index is 0.501. The van der Waals surface area contributed by atoms with E-state index in [4.69, 9.17) is 0 Å². The molecular weight excluding hydrogens is 291 g/mol. The first kappa shape index (κ1) is 8.24. The molecule has 1 heterocycles. The summed E-state index contributed by atoms with van der Waals surface area (Å²) in [6.45, 7) is 0. The van der Waals surface area contributed by atoms with Crippen molar-refractivity contribution in [2.24, 2.45) is 0 Å². The van der Waals surface area contributed by atoms with Gasteiger partial charge in [-0.3, -0.25) is 0 Å². The SMILES string of the molecule is IC1(c2cc3ccccc3s2)CC1. The van der Waals surface area contributed by atoms with Crippen molar-refractivity contribution in [3.8, 4) is 0 Å². The van der Waals surface area contributed by atoms with Crippen molar-refractivity contribution >= 4 is 44.0 Å². The second-order valence-electron chi connectivity index (χ2n) is 3.61. The molecule has 1 aliphatic rings. The number of rotatable bonds is 1. The van der Waals surface area contributed by atoms with Crippen LogP contribution in [-0.2, 0) is 3.42 Å². The van der Waals surface area contributed by atoms with Gasteiger partial charge in [-0.15, -0.1) is 11.3 Å². The number of alkyl halides is 1. The van der Waals surface area contributed by atoms with Crippen LogP contribution in [-0.4, -0.2) is 0 Å². The Bertz CT molecular complexity index is 421. The molecule has 0 atom stereocenters. The second-order valence-corrected chi connectivity index (χ2v) is 6.76. The highest BCUT2D eigenvalue weighted by atomic mass is 127. The van der Waals surface area contributed by atoms with Crippen LogP contribution in [0.3, 0.4) is 0 Å². The Hall–Kier alpha value is -0.0900. The highest BCUT2D eigenvalue weighted by molar-refractivity contribution is 14.1. The topological polar surface area (TPSA) is 0 Å². The van der Waals surface area contributed by atoms with Crippen LogP contribution in [0.1, 0.15) is 17.7 Å². The summed E-state index contributed by atoms with van der Waals surface area (Å²) in [5.41, 5.74) is 0. The molecule has 0 radical (unpaired) electrons. The van der Waals surface area contributed by atoms with E-state index in [0.29, 0.717) is 3.42 Å². The fourth-order valence-corrected chi connectivity index (χ4v) is 3.52. The van der Waals surface area contributed by atoms with Gasteiger partial charge in [-0.25, -0.2) is 0 Å². The molecule has 0 amide bonds. The number of fused-ring (bicyclic) bond motifs is 1. The molecule has 1 fully saturated rings. The first-order chi connectivity index (χ1) is 6.28. The third kappa shape index (κ3) is 1.31. The van der Waals surface area contributed by atoms with Gasteiger partial charge in [0.1, 0.15) is 0 Å². The molecular formula is C11H9IS. The van der Waals surface area contributed by atoms with E-state index in [9.17, 15) is 0 Å². The Morgan fingerprint density at radius 1 is 1.23 bits per heavy atom. The zero-order chi connectivity index (χ0) is 8.89. The lowest BCUT2D eigenvalue weighted by molar-refractivity contribution is 1.13. The van der Waals surface area contributed by atoms with E-state index in [1.54, 1.807) is 4.88 Å². The maximum absolute atomic E-state index is 2.60. The molecule has 1 aliphatic carbocycles. The van der Waals surface area contributed by atoms with Crippen LogP contribution in [0.15, 0.2) is 30.3 Å². The summed E-state index contributed by atoms with van der Waals surface area (Å²) < 4.78 is 1.93. The van der Waals surface area contributed by atoms with Gasteiger partial charge in [0.15, 0.2) is 0 Å². The molecule has 1 saturated carbocycles. The van der Waals surface area contributed by atoms with Gasteiger partial charge in [0.05, 0.1) is 3.42 Å². The highest BCUT2D eigenvalue weighted by Crippen LogP contribution is 2.56. The van der Waals surface area contributed by atoms with Gasteiger partial charge in [-0.05, 0) is 30.4 Å². The number of hydrogen-bond acceptors (Lipinski definition) is 1. The lowest BCUT2D eigenvalue weighted by Crippen LogP contribution is -1.87. The summed E-state index contributed by atoms with van der Waals surface area (Å²) in [5.74, 6) is 0. The van der Waals surface area contributed by atoms with Crippen LogP contribution < -0.4 is 0 Å². The van der Waals surface area contributed by atoms with Gasteiger partial charge in [0.25, 0.3) is 0 Å². The molecule has 0 saturated heterocycles. The normalized spacial score (nSPS) is 19.2. The van der Waals surface area contributed by atoms with E-state index >= 15 is 0 Å². The van der Waals surface area contributed by atoms with Crippen molar-refractivity contribution in [1.82, 2.24) is 0 Å². The van der Waals surface area contributed by atoms with E-state index in [1.165, 1.54) is 22.9 Å². The maximum atomic E-state index is 2.60. The van der Waals surface area contributed by atoms with Crippen LogP contribution >= 0.6 is 33.9 Å². The fourth-order valence-electron chi connectivity index (χ4n) is 1.56. The van der Waals surface area contributed by atoms with Crippen molar-refractivity contribution in [2.45, 2.75) is 16.3 Å². The molecule has 1 aromatic carbocycles. The van der Waals surface area contributed by atoms with Gasteiger partial charge in [-0.2, -0.15) is 0 Å². The van der Waals surface area contributed by atoms with Gasteiger partial charge < -0.3 is 0 Å². The molecule has 0 N–H and O–H groups in total. The predicted molar refractivity (Wildman–Crippen MR) is 66.8 cm³/mol. The van der Waals surface area contributed by atoms with Crippen LogP contribution in [0.25, 0.3) is 10.1 Å². The molecule has 13 heavy (non-hydrogen) atoms. The number of thiophene rings is 1. The highest BCUT2D eigenvalue weighted by Gasteiger charge is 2.42. The van der Waals surface area contributed by atoms with Crippen molar-refractivity contribution < 1.29 is 0 Å². The fraction of sp³-hybridized carbons (Fsp3) is 0.273. The summed E-state index contributed by atoms with van der Waals surface area (Å²) in [6.07, 6.45) is 2.72. The molecule has 0 aliphatic heterocycles. The molecule has 3 rings (SSSR count). The Morgan fingerprint density at radius 3 is 2.69 bits per heavy atom. The van der Waals surface area contributed by atoms with Crippen molar-refractivity contribution in [2.75, 3.05) is 0 Å². The third-order valence-corrected chi connectivity index (χ3v) is 5.90. The molecule has 0 bridgehead atoms. The van der Waals surface area contributed by atoms with Crippen LogP contribution in [0.5, 0.6) is 0 Å². The minimum absolute atomic E-state index is 0.501. The van der Waals surface area contributed by atoms with Crippen LogP contribution in [0.2, 0.25) is 0 Å². The van der Waals surface area contributed by atoms with E-state index in [2.05, 4.69) is 52.9 Å². The van der Waals surface area contributed by atoms with Crippen molar-refractivity contribution in [3.05, 3.63) is 35.2 Å². The third-order valence-electron chi connectivity index (χ3n) is 2.56. The Kier molecular flexibility index (Phi) is 1.71. The molecule has 2 aromatic rings. The molecule has 0 unspecified atom stereocenters. The summed E-state index contributed by atoms with van der Waals surface area (Å²) in [5, 5.41) is 1.41. The molecule has 2 heteroatoms. The zero-order valence-electron chi connectivity index (χ0n) is 7.09. The molecule has 1 aromatic heterocycles. The summed E-state index contributed by atoms with van der Waals surface area (Å²) in [6, 6.07) is 11.0. The van der Waals surface area contributed by atoms with E-state index in [-0.39, 0.29) is 0 Å². The Labute approximate surface area is 95.1 Å². The maximum Gasteiger partial charge on any atom is 0.0565 e. The van der Waals surface area contributed by atoms with Gasteiger partial charge in [-0.1, -0.05) is 40.8 Å². The lowest BCUT2D eigenvalue weighted by Gasteiger charge is -1.99. The summed E-state index contributed by atoms with van der Waals surface area (Å²) >= 11 is 4.56. The van der Waals surface area contributed by atoms with Crippen LogP contribution in [0.4, 0.5) is 0 Å². The number of hydrogen-bond donors (Lipinski definition) is 0. The smallest absolute Gasteiger partial charge is 0.0565 e. The summed E-state index contributed by atoms with van der Waals surface area (Å²) in [7, 11) is 0. The average molecular weight is 300 g/mol. The van der Waals surface area contributed by atoms with E-state index < -0.39 is 0 Å². The Balaban J connectivity index is 2.22.